The number of alkyl carbamates (subject to hydrolysis) is 1. The second-order valence-corrected chi connectivity index (χ2v) is 8.92. The number of aliphatic imine (C=N–C) groups is 1. The highest BCUT2D eigenvalue weighted by Gasteiger charge is 2.31. The molecular weight excluding hydrogens is 509 g/mol. The molecule has 0 spiro atoms. The Morgan fingerprint density at radius 1 is 1.26 bits per heavy atom. The van der Waals surface area contributed by atoms with Gasteiger partial charge in [0.1, 0.15) is 17.8 Å². The van der Waals surface area contributed by atoms with Crippen molar-refractivity contribution in [1.82, 2.24) is 30.7 Å². The molecule has 2 heterocycles. The van der Waals surface area contributed by atoms with E-state index in [9.17, 15) is 4.79 Å². The van der Waals surface area contributed by atoms with E-state index in [0.717, 1.165) is 57.1 Å². The summed E-state index contributed by atoms with van der Waals surface area (Å²) in [4.78, 5) is 23.9. The predicted octanol–water partition coefficient (Wildman–Crippen LogP) is 3.65. The van der Waals surface area contributed by atoms with E-state index < -0.39 is 11.1 Å². The summed E-state index contributed by atoms with van der Waals surface area (Å²) in [5.41, 5.74) is -0.954. The maximum absolute atomic E-state index is 12.4. The van der Waals surface area contributed by atoms with E-state index in [0.29, 0.717) is 12.5 Å². The lowest BCUT2D eigenvalue weighted by atomic mass is 9.93. The molecule has 178 valence electrons. The van der Waals surface area contributed by atoms with Crippen LogP contribution in [0.1, 0.15) is 79.0 Å². The molecular formula is C21H40IN7O2. The van der Waals surface area contributed by atoms with Gasteiger partial charge in [0.2, 0.25) is 0 Å². The van der Waals surface area contributed by atoms with E-state index in [1.54, 1.807) is 6.33 Å². The Morgan fingerprint density at radius 3 is 2.39 bits per heavy atom. The van der Waals surface area contributed by atoms with E-state index in [-0.39, 0.29) is 30.1 Å². The van der Waals surface area contributed by atoms with Gasteiger partial charge < -0.3 is 20.3 Å². The summed E-state index contributed by atoms with van der Waals surface area (Å²) in [6, 6.07) is 0. The first-order valence-corrected chi connectivity index (χ1v) is 11.1. The Morgan fingerprint density at radius 2 is 1.90 bits per heavy atom. The maximum Gasteiger partial charge on any atom is 0.408 e. The molecule has 1 amide bonds. The van der Waals surface area contributed by atoms with Gasteiger partial charge in [-0.1, -0.05) is 13.8 Å². The molecule has 1 aromatic rings. The van der Waals surface area contributed by atoms with Crippen LogP contribution in [0.5, 0.6) is 0 Å². The predicted molar refractivity (Wildman–Crippen MR) is 134 cm³/mol. The number of aromatic amines is 1. The fraction of sp³-hybridized carbons (Fsp3) is 0.810. The summed E-state index contributed by atoms with van der Waals surface area (Å²) in [7, 11) is 0. The number of hydrogen-bond donors (Lipinski definition) is 3. The minimum absolute atomic E-state index is 0. The van der Waals surface area contributed by atoms with Crippen molar-refractivity contribution in [2.75, 3.05) is 26.2 Å². The number of amides is 1. The van der Waals surface area contributed by atoms with Gasteiger partial charge >= 0.3 is 6.09 Å². The minimum atomic E-state index is -0.524. The highest BCUT2D eigenvalue weighted by atomic mass is 127. The number of nitrogens with zero attached hydrogens (tertiary/aromatic N) is 4. The second-order valence-electron chi connectivity index (χ2n) is 8.92. The van der Waals surface area contributed by atoms with Crippen LogP contribution in [0.4, 0.5) is 4.79 Å². The highest BCUT2D eigenvalue weighted by molar-refractivity contribution is 14.0. The van der Waals surface area contributed by atoms with Crippen LogP contribution < -0.4 is 10.6 Å². The van der Waals surface area contributed by atoms with Gasteiger partial charge in [0.15, 0.2) is 5.96 Å². The number of likely N-dealkylation sites (tertiary alicyclic amines) is 1. The van der Waals surface area contributed by atoms with Gasteiger partial charge in [-0.05, 0) is 53.4 Å². The SMILES string of the molecule is CCNC(=NCC(CC)(CC)NC(=O)OC(C)(C)C)N1CCC(c2ncn[nH]2)CC1.I. The third-order valence-corrected chi connectivity index (χ3v) is 5.60. The minimum Gasteiger partial charge on any atom is -0.444 e. The number of ether oxygens (including phenoxy) is 1. The van der Waals surface area contributed by atoms with E-state index in [4.69, 9.17) is 9.73 Å². The number of carbonyl (C=O) groups excluding carboxylic acids is 1. The number of H-pyrrole nitrogens is 1. The monoisotopic (exact) mass is 549 g/mol. The molecule has 1 fully saturated rings. The molecule has 1 aliphatic rings. The summed E-state index contributed by atoms with van der Waals surface area (Å²) in [6.07, 6.45) is 4.74. The number of aromatic nitrogens is 3. The third kappa shape index (κ3) is 8.46. The summed E-state index contributed by atoms with van der Waals surface area (Å²) in [6.45, 7) is 14.9. The first-order chi connectivity index (χ1) is 14.2. The molecule has 1 saturated heterocycles. The molecule has 9 nitrogen and oxygen atoms in total. The van der Waals surface area contributed by atoms with Gasteiger partial charge in [-0.2, -0.15) is 5.10 Å². The lowest BCUT2D eigenvalue weighted by Gasteiger charge is -2.35. The van der Waals surface area contributed by atoms with Crippen LogP contribution in [0.3, 0.4) is 0 Å². The molecule has 31 heavy (non-hydrogen) atoms. The van der Waals surface area contributed by atoms with Crippen LogP contribution in [0.15, 0.2) is 11.3 Å². The molecule has 0 aliphatic carbocycles. The van der Waals surface area contributed by atoms with Crippen molar-refractivity contribution in [3.8, 4) is 0 Å². The van der Waals surface area contributed by atoms with E-state index >= 15 is 0 Å². The zero-order chi connectivity index (χ0) is 22.2. The molecule has 10 heteroatoms. The zero-order valence-electron chi connectivity index (χ0n) is 19.8. The molecule has 1 aromatic heterocycles. The Kier molecular flexibility index (Phi) is 11.0. The van der Waals surface area contributed by atoms with E-state index in [1.165, 1.54) is 0 Å². The topological polar surface area (TPSA) is 108 Å². The first kappa shape index (κ1) is 27.4. The van der Waals surface area contributed by atoms with Gasteiger partial charge in [0.25, 0.3) is 0 Å². The summed E-state index contributed by atoms with van der Waals surface area (Å²) >= 11 is 0. The van der Waals surface area contributed by atoms with Crippen LogP contribution in [0.25, 0.3) is 0 Å². The Labute approximate surface area is 203 Å². The third-order valence-electron chi connectivity index (χ3n) is 5.60. The average molecular weight is 550 g/mol. The Hall–Kier alpha value is -1.59. The van der Waals surface area contributed by atoms with Crippen LogP contribution in [-0.4, -0.2) is 69.5 Å². The smallest absolute Gasteiger partial charge is 0.408 e. The van der Waals surface area contributed by atoms with Crippen LogP contribution in [0.2, 0.25) is 0 Å². The quantitative estimate of drug-likeness (QED) is 0.272. The molecule has 0 saturated carbocycles. The van der Waals surface area contributed by atoms with Gasteiger partial charge in [-0.25, -0.2) is 9.78 Å². The van der Waals surface area contributed by atoms with Crippen molar-refractivity contribution in [3.05, 3.63) is 12.2 Å². The number of piperidine rings is 1. The first-order valence-electron chi connectivity index (χ1n) is 11.1. The number of carbonyl (C=O) groups is 1. The standard InChI is InChI=1S/C21H39N7O2.HI/c1-7-21(8-2,26-19(29)30-20(4,5)6)14-23-18(22-9-3)28-12-10-16(11-13-28)17-24-15-25-27-17;/h15-16H,7-14H2,1-6H3,(H,22,23)(H,26,29)(H,24,25,27);1H. The van der Waals surface area contributed by atoms with Gasteiger partial charge in [0, 0.05) is 25.6 Å². The highest BCUT2D eigenvalue weighted by Crippen LogP contribution is 2.25. The van der Waals surface area contributed by atoms with Crippen LogP contribution in [0, 0.1) is 0 Å². The van der Waals surface area contributed by atoms with Crippen molar-refractivity contribution in [2.24, 2.45) is 4.99 Å². The normalized spacial score (nSPS) is 15.9. The van der Waals surface area contributed by atoms with Crippen molar-refractivity contribution >= 4 is 36.0 Å². The number of nitrogens with one attached hydrogen (secondary N) is 3. The van der Waals surface area contributed by atoms with Gasteiger partial charge in [-0.3, -0.25) is 10.1 Å². The summed E-state index contributed by atoms with van der Waals surface area (Å²) in [5, 5.41) is 13.5. The molecule has 2 rings (SSSR count). The van der Waals surface area contributed by atoms with Crippen LogP contribution in [-0.2, 0) is 4.74 Å². The Bertz CT molecular complexity index is 676. The van der Waals surface area contributed by atoms with Gasteiger partial charge in [0.05, 0.1) is 12.1 Å². The molecule has 0 bridgehead atoms. The molecule has 0 atom stereocenters. The fourth-order valence-electron chi connectivity index (χ4n) is 3.64. The summed E-state index contributed by atoms with van der Waals surface area (Å²) in [5.74, 6) is 2.27. The Balaban J connectivity index is 0.00000480. The van der Waals surface area contributed by atoms with Crippen LogP contribution >= 0.6 is 24.0 Å². The largest absolute Gasteiger partial charge is 0.444 e. The van der Waals surface area contributed by atoms with Crippen molar-refractivity contribution in [2.45, 2.75) is 84.3 Å². The molecule has 0 unspecified atom stereocenters. The molecule has 0 aromatic carbocycles. The van der Waals surface area contributed by atoms with Crippen molar-refractivity contribution in [3.63, 3.8) is 0 Å². The maximum atomic E-state index is 12.4. The fourth-order valence-corrected chi connectivity index (χ4v) is 3.64. The number of rotatable bonds is 7. The lowest BCUT2D eigenvalue weighted by Crippen LogP contribution is -2.52. The zero-order valence-corrected chi connectivity index (χ0v) is 22.2. The van der Waals surface area contributed by atoms with E-state index in [1.807, 2.05) is 20.8 Å². The second kappa shape index (κ2) is 12.4. The van der Waals surface area contributed by atoms with E-state index in [2.05, 4.69) is 51.5 Å². The molecule has 1 aliphatic heterocycles. The lowest BCUT2D eigenvalue weighted by molar-refractivity contribution is 0.0451. The van der Waals surface area contributed by atoms with Crippen molar-refractivity contribution < 1.29 is 9.53 Å². The number of guanidine groups is 1. The average Bonchev–Trinajstić information content (AvgIpc) is 3.24. The van der Waals surface area contributed by atoms with Gasteiger partial charge in [-0.15, -0.1) is 24.0 Å². The number of halogens is 1. The van der Waals surface area contributed by atoms with Crippen molar-refractivity contribution in [1.29, 1.82) is 0 Å². The molecule has 0 radical (unpaired) electrons. The number of hydrogen-bond acceptors (Lipinski definition) is 5. The summed E-state index contributed by atoms with van der Waals surface area (Å²) < 4.78 is 5.48. The molecule has 3 N–H and O–H groups in total.